The summed E-state index contributed by atoms with van der Waals surface area (Å²) in [5, 5.41) is 1.09. The molecule has 8 atom stereocenters. The lowest BCUT2D eigenvalue weighted by molar-refractivity contribution is -0.138. The van der Waals surface area contributed by atoms with E-state index in [-0.39, 0.29) is 79.4 Å². The molecule has 4 aromatic rings. The number of rotatable bonds is 20. The number of carbonyl (C=O) groups excluding carboxylic acids is 2. The molecular formula is C59H79Cl4N5O6S2. The number of nitrogens with two attached hydrogens (primary N) is 1. The van der Waals surface area contributed by atoms with Crippen LogP contribution in [-0.2, 0) is 42.1 Å². The molecule has 0 bridgehead atoms. The van der Waals surface area contributed by atoms with Crippen molar-refractivity contribution in [1.82, 2.24) is 19.6 Å². The highest BCUT2D eigenvalue weighted by Gasteiger charge is 2.46. The van der Waals surface area contributed by atoms with Crippen LogP contribution in [0.3, 0.4) is 0 Å². The Morgan fingerprint density at radius 2 is 0.974 bits per heavy atom. The average Bonchev–Trinajstić information content (AvgIpc) is 3.91. The summed E-state index contributed by atoms with van der Waals surface area (Å²) >= 11 is 24.2. The van der Waals surface area contributed by atoms with E-state index in [4.69, 9.17) is 52.1 Å². The molecule has 416 valence electrons. The van der Waals surface area contributed by atoms with Crippen molar-refractivity contribution in [2.75, 3.05) is 37.7 Å². The molecule has 2 amide bonds. The number of carbonyl (C=O) groups is 2. The van der Waals surface area contributed by atoms with E-state index in [2.05, 4.69) is 92.9 Å². The number of halogens is 4. The van der Waals surface area contributed by atoms with E-state index in [0.717, 1.165) is 70.9 Å². The van der Waals surface area contributed by atoms with E-state index in [1.54, 1.807) is 0 Å². The van der Waals surface area contributed by atoms with Gasteiger partial charge in [0.25, 0.3) is 0 Å². The summed E-state index contributed by atoms with van der Waals surface area (Å²) in [5.41, 5.74) is 8.99. The molecule has 4 fully saturated rings. The van der Waals surface area contributed by atoms with Crippen LogP contribution in [0.1, 0.15) is 110 Å². The van der Waals surface area contributed by atoms with E-state index < -0.39 is 19.7 Å². The van der Waals surface area contributed by atoms with Gasteiger partial charge >= 0.3 is 0 Å². The Labute approximate surface area is 474 Å². The first-order valence-electron chi connectivity index (χ1n) is 27.4. The molecule has 0 spiro atoms. The molecule has 0 radical (unpaired) electrons. The topological polar surface area (TPSA) is 141 Å². The summed E-state index contributed by atoms with van der Waals surface area (Å²) in [7, 11) is -7.15. The third-order valence-electron chi connectivity index (χ3n) is 15.9. The number of nitrogens with zero attached hydrogens (tertiary/aromatic N) is 4. The molecule has 4 aliphatic rings. The Kier molecular flexibility index (Phi) is 21.7. The average molecular weight is 1160 g/mol. The first-order chi connectivity index (χ1) is 36.1. The van der Waals surface area contributed by atoms with Crippen molar-refractivity contribution < 1.29 is 26.4 Å². The third-order valence-corrected chi connectivity index (χ3v) is 20.9. The maximum Gasteiger partial charge on any atom is 0.240 e. The fraction of sp³-hybridized carbons (Fsp3) is 0.559. The highest BCUT2D eigenvalue weighted by molar-refractivity contribution is 7.91. The van der Waals surface area contributed by atoms with E-state index >= 15 is 0 Å². The molecule has 2 unspecified atom stereocenters. The SMILES string of the molecule is CC(C)C[C@H](CCS(=O)(=O)c1ccc(Cl)c(Cl)c1)N1CCC(CCc2ccccc2)N2C[C@H](C)C[C@H]2C1=O.CC(C)C[C@H](CCS(=O)(=O)c1ccc(Cl)c(Cl)c1)N1CCC(CCc2ccccc2)N2C[C@H](N)C[C@H]2C1=O. The van der Waals surface area contributed by atoms with Gasteiger partial charge in [-0.25, -0.2) is 16.8 Å². The van der Waals surface area contributed by atoms with Crippen LogP contribution in [0.2, 0.25) is 20.1 Å². The van der Waals surface area contributed by atoms with Crippen LogP contribution in [0.4, 0.5) is 0 Å². The second kappa shape index (κ2) is 27.3. The smallest absolute Gasteiger partial charge is 0.240 e. The van der Waals surface area contributed by atoms with Crippen LogP contribution in [0.25, 0.3) is 0 Å². The van der Waals surface area contributed by atoms with E-state index in [9.17, 15) is 26.4 Å². The number of amides is 2. The molecule has 76 heavy (non-hydrogen) atoms. The third kappa shape index (κ3) is 16.0. The number of fused-ring (bicyclic) bond motifs is 2. The molecule has 4 aliphatic heterocycles. The zero-order valence-electron chi connectivity index (χ0n) is 44.9. The minimum atomic E-state index is -3.58. The van der Waals surface area contributed by atoms with Crippen molar-refractivity contribution in [1.29, 1.82) is 0 Å². The standard InChI is InChI=1S/C30H40Cl2N2O3S.C29H39Cl2N3O3S/c1-21(2)17-25(14-16-38(36,37)26-11-12-27(31)28(32)19-26)33-15-13-24(10-9-23-7-5-4-6-8-23)34-20-22(3)18-29(34)30(33)35;1-20(2)16-24(13-15-38(36,37)25-10-11-26(30)27(31)18-25)33-14-12-23(9-8-21-6-4-3-5-7-21)34-19-22(32)17-28(34)29(33)35/h4-8,11-12,19,21-22,24-25,29H,9-10,13-18,20H2,1-3H3;3-7,10-11,18,20,22-24,28H,8-9,12-17,19,32H2,1-2H3/t22-,24?,25+,29+;22-,23?,24+,28+/m11/s1. The molecule has 2 N–H and O–H groups in total. The molecule has 0 aromatic heterocycles. The lowest BCUT2D eigenvalue weighted by Gasteiger charge is -2.34. The first kappa shape index (κ1) is 60.4. The second-order valence-electron chi connectivity index (χ2n) is 22.7. The van der Waals surface area contributed by atoms with Crippen molar-refractivity contribution in [2.24, 2.45) is 23.5 Å². The van der Waals surface area contributed by atoms with Crippen LogP contribution in [0.15, 0.2) is 107 Å². The Morgan fingerprint density at radius 1 is 0.566 bits per heavy atom. The quantitative estimate of drug-likeness (QED) is 0.0915. The summed E-state index contributed by atoms with van der Waals surface area (Å²) in [6.07, 6.45) is 9.53. The van der Waals surface area contributed by atoms with Crippen molar-refractivity contribution in [3.8, 4) is 0 Å². The molecular weight excluding hydrogens is 1080 g/mol. The van der Waals surface area contributed by atoms with Crippen molar-refractivity contribution in [3.63, 3.8) is 0 Å². The molecule has 4 saturated heterocycles. The van der Waals surface area contributed by atoms with Gasteiger partial charge in [0.2, 0.25) is 11.8 Å². The predicted octanol–water partition coefficient (Wildman–Crippen LogP) is 11.7. The van der Waals surface area contributed by atoms with Gasteiger partial charge in [-0.05, 0) is 142 Å². The minimum absolute atomic E-state index is 0.0262. The van der Waals surface area contributed by atoms with Crippen LogP contribution >= 0.6 is 46.4 Å². The minimum Gasteiger partial charge on any atom is -0.338 e. The molecule has 17 heteroatoms. The van der Waals surface area contributed by atoms with Crippen LogP contribution in [0.5, 0.6) is 0 Å². The summed E-state index contributed by atoms with van der Waals surface area (Å²) in [5.74, 6) is 1.32. The molecule has 4 aromatic carbocycles. The van der Waals surface area contributed by atoms with E-state index in [0.29, 0.717) is 66.2 Å². The molecule has 8 rings (SSSR count). The van der Waals surface area contributed by atoms with Crippen LogP contribution < -0.4 is 5.73 Å². The Hall–Kier alpha value is -3.24. The number of hydrogen-bond donors (Lipinski definition) is 1. The Morgan fingerprint density at radius 3 is 1.38 bits per heavy atom. The number of benzene rings is 4. The van der Waals surface area contributed by atoms with Gasteiger partial charge in [0, 0.05) is 56.4 Å². The number of hydrogen-bond acceptors (Lipinski definition) is 9. The lowest BCUT2D eigenvalue weighted by Crippen LogP contribution is -2.49. The zero-order chi connectivity index (χ0) is 54.9. The Bertz CT molecular complexity index is 2600. The zero-order valence-corrected chi connectivity index (χ0v) is 49.5. The fourth-order valence-electron chi connectivity index (χ4n) is 12.1. The Balaban J connectivity index is 0.000000221. The van der Waals surface area contributed by atoms with Gasteiger partial charge in [-0.1, -0.05) is 142 Å². The number of aryl methyl sites for hydroxylation is 2. The summed E-state index contributed by atoms with van der Waals surface area (Å²) in [6, 6.07) is 29.8. The van der Waals surface area contributed by atoms with Gasteiger partial charge in [-0.2, -0.15) is 0 Å². The first-order valence-corrected chi connectivity index (χ1v) is 32.2. The maximum absolute atomic E-state index is 14.0. The predicted molar refractivity (Wildman–Crippen MR) is 310 cm³/mol. The maximum atomic E-state index is 14.0. The molecule has 0 aliphatic carbocycles. The highest BCUT2D eigenvalue weighted by atomic mass is 35.5. The largest absolute Gasteiger partial charge is 0.338 e. The monoisotopic (exact) mass is 1160 g/mol. The van der Waals surface area contributed by atoms with Gasteiger partial charge in [-0.3, -0.25) is 19.4 Å². The van der Waals surface area contributed by atoms with E-state index in [1.165, 1.54) is 47.5 Å². The fourth-order valence-corrected chi connectivity index (χ4v) is 15.6. The highest BCUT2D eigenvalue weighted by Crippen LogP contribution is 2.36. The van der Waals surface area contributed by atoms with Gasteiger partial charge < -0.3 is 15.5 Å². The van der Waals surface area contributed by atoms with Gasteiger partial charge in [-0.15, -0.1) is 0 Å². The lowest BCUT2D eigenvalue weighted by atomic mass is 9.98. The molecule has 11 nitrogen and oxygen atoms in total. The summed E-state index contributed by atoms with van der Waals surface area (Å²) in [6.45, 7) is 13.7. The normalized spacial score (nSPS) is 23.5. The van der Waals surface area contributed by atoms with Crippen LogP contribution in [0, 0.1) is 17.8 Å². The molecule has 0 saturated carbocycles. The number of sulfone groups is 2. The van der Waals surface area contributed by atoms with Gasteiger partial charge in [0.05, 0.1) is 53.5 Å². The van der Waals surface area contributed by atoms with Crippen molar-refractivity contribution in [3.05, 3.63) is 128 Å². The van der Waals surface area contributed by atoms with Crippen LogP contribution in [-0.4, -0.2) is 128 Å². The summed E-state index contributed by atoms with van der Waals surface area (Å²) < 4.78 is 52.8. The second-order valence-corrected chi connectivity index (χ2v) is 28.5. The summed E-state index contributed by atoms with van der Waals surface area (Å²) in [4.78, 5) is 37.1. The van der Waals surface area contributed by atoms with Crippen molar-refractivity contribution >= 4 is 77.9 Å². The molecule has 4 heterocycles. The van der Waals surface area contributed by atoms with Crippen molar-refractivity contribution in [2.45, 2.75) is 164 Å². The van der Waals surface area contributed by atoms with Gasteiger partial charge in [0.15, 0.2) is 19.7 Å². The van der Waals surface area contributed by atoms with E-state index in [1.807, 2.05) is 21.9 Å². The van der Waals surface area contributed by atoms with Gasteiger partial charge in [0.1, 0.15) is 0 Å².